The van der Waals surface area contributed by atoms with Gasteiger partial charge < -0.3 is 5.32 Å². The minimum absolute atomic E-state index is 0.287. The average Bonchev–Trinajstić information content (AvgIpc) is 2.25. The van der Waals surface area contributed by atoms with E-state index in [-0.39, 0.29) is 5.82 Å². The van der Waals surface area contributed by atoms with E-state index in [9.17, 15) is 4.39 Å². The number of hydrogen-bond acceptors (Lipinski definition) is 1. The van der Waals surface area contributed by atoms with Crippen LogP contribution in [0.3, 0.4) is 0 Å². The van der Waals surface area contributed by atoms with Crippen molar-refractivity contribution in [2.45, 2.75) is 45.6 Å². The Bertz CT molecular complexity index is 393. The van der Waals surface area contributed by atoms with Gasteiger partial charge in [0.15, 0.2) is 0 Å². The predicted octanol–water partition coefficient (Wildman–Crippen LogP) is 4.86. The molecule has 2 rings (SSSR count). The van der Waals surface area contributed by atoms with Crippen molar-refractivity contribution in [3.8, 4) is 0 Å². The van der Waals surface area contributed by atoms with Crippen LogP contribution in [-0.4, -0.2) is 6.04 Å². The van der Waals surface area contributed by atoms with Crippen molar-refractivity contribution in [2.75, 3.05) is 5.32 Å². The second kappa shape index (κ2) is 4.85. The van der Waals surface area contributed by atoms with Crippen LogP contribution in [0.1, 0.15) is 39.5 Å². The first-order chi connectivity index (χ1) is 7.96. The van der Waals surface area contributed by atoms with Gasteiger partial charge in [0, 0.05) is 6.04 Å². The van der Waals surface area contributed by atoms with Gasteiger partial charge in [-0.1, -0.05) is 25.4 Å². The molecule has 0 radical (unpaired) electrons. The van der Waals surface area contributed by atoms with Crippen molar-refractivity contribution < 1.29 is 4.39 Å². The Kier molecular flexibility index (Phi) is 3.62. The summed E-state index contributed by atoms with van der Waals surface area (Å²) < 4.78 is 12.9. The van der Waals surface area contributed by atoms with Crippen LogP contribution in [0.4, 0.5) is 10.1 Å². The highest BCUT2D eigenvalue weighted by atomic mass is 35.5. The van der Waals surface area contributed by atoms with Crippen LogP contribution in [0.5, 0.6) is 0 Å². The monoisotopic (exact) mass is 255 g/mol. The summed E-state index contributed by atoms with van der Waals surface area (Å²) in [6, 6.07) is 4.99. The number of benzene rings is 1. The molecule has 0 amide bonds. The summed E-state index contributed by atoms with van der Waals surface area (Å²) in [7, 11) is 0. The molecule has 1 saturated carbocycles. The first-order valence-corrected chi connectivity index (χ1v) is 6.56. The fourth-order valence-electron chi connectivity index (χ4n) is 2.37. The molecular formula is C14H19ClFN. The molecule has 1 aliphatic carbocycles. The SMILES string of the molecule is CC1(C)CCC(Nc2ccc(F)cc2Cl)CC1. The van der Waals surface area contributed by atoms with E-state index in [4.69, 9.17) is 11.6 Å². The second-order valence-electron chi connectivity index (χ2n) is 5.71. The van der Waals surface area contributed by atoms with Crippen molar-refractivity contribution >= 4 is 17.3 Å². The van der Waals surface area contributed by atoms with E-state index < -0.39 is 0 Å². The van der Waals surface area contributed by atoms with E-state index in [1.165, 1.54) is 25.0 Å². The molecule has 0 bridgehead atoms. The lowest BCUT2D eigenvalue weighted by molar-refractivity contribution is 0.232. The van der Waals surface area contributed by atoms with Crippen molar-refractivity contribution in [1.82, 2.24) is 0 Å². The topological polar surface area (TPSA) is 12.0 Å². The van der Waals surface area contributed by atoms with E-state index in [2.05, 4.69) is 19.2 Å². The third-order valence-corrected chi connectivity index (χ3v) is 3.94. The summed E-state index contributed by atoms with van der Waals surface area (Å²) in [5.41, 5.74) is 1.31. The molecule has 1 aromatic carbocycles. The molecule has 17 heavy (non-hydrogen) atoms. The Labute approximate surface area is 107 Å². The lowest BCUT2D eigenvalue weighted by Gasteiger charge is -2.35. The molecule has 1 aliphatic rings. The van der Waals surface area contributed by atoms with Crippen molar-refractivity contribution in [3.63, 3.8) is 0 Å². The van der Waals surface area contributed by atoms with Gasteiger partial charge in [0.25, 0.3) is 0 Å². The van der Waals surface area contributed by atoms with Crippen LogP contribution in [0.25, 0.3) is 0 Å². The summed E-state index contributed by atoms with van der Waals surface area (Å²) in [5, 5.41) is 3.88. The molecule has 1 aromatic rings. The Morgan fingerprint density at radius 3 is 2.53 bits per heavy atom. The van der Waals surface area contributed by atoms with Gasteiger partial charge in [-0.15, -0.1) is 0 Å². The van der Waals surface area contributed by atoms with Gasteiger partial charge in [-0.3, -0.25) is 0 Å². The molecule has 0 aliphatic heterocycles. The van der Waals surface area contributed by atoms with Crippen LogP contribution in [-0.2, 0) is 0 Å². The van der Waals surface area contributed by atoms with E-state index in [1.807, 2.05) is 0 Å². The van der Waals surface area contributed by atoms with Crippen LogP contribution in [0.15, 0.2) is 18.2 Å². The highest BCUT2D eigenvalue weighted by Crippen LogP contribution is 2.36. The molecular weight excluding hydrogens is 237 g/mol. The minimum Gasteiger partial charge on any atom is -0.381 e. The van der Waals surface area contributed by atoms with Gasteiger partial charge in [-0.25, -0.2) is 4.39 Å². The van der Waals surface area contributed by atoms with Gasteiger partial charge in [-0.05, 0) is 49.3 Å². The first-order valence-electron chi connectivity index (χ1n) is 6.18. The van der Waals surface area contributed by atoms with Crippen molar-refractivity contribution in [3.05, 3.63) is 29.0 Å². The average molecular weight is 256 g/mol. The maximum absolute atomic E-state index is 12.9. The standard InChI is InChI=1S/C14H19ClFN/c1-14(2)7-5-11(6-8-14)17-13-4-3-10(16)9-12(13)15/h3-4,9,11,17H,5-8H2,1-2H3. The quantitative estimate of drug-likeness (QED) is 0.796. The molecule has 0 aromatic heterocycles. The van der Waals surface area contributed by atoms with E-state index in [1.54, 1.807) is 6.07 Å². The summed E-state index contributed by atoms with van der Waals surface area (Å²) in [5.74, 6) is -0.287. The largest absolute Gasteiger partial charge is 0.381 e. The Balaban J connectivity index is 1.98. The van der Waals surface area contributed by atoms with Gasteiger partial charge in [0.1, 0.15) is 5.82 Å². The Morgan fingerprint density at radius 2 is 1.94 bits per heavy atom. The molecule has 1 fully saturated rings. The Hall–Kier alpha value is -0.760. The molecule has 94 valence electrons. The molecule has 1 nitrogen and oxygen atoms in total. The van der Waals surface area contributed by atoms with Crippen LogP contribution in [0.2, 0.25) is 5.02 Å². The maximum Gasteiger partial charge on any atom is 0.124 e. The smallest absolute Gasteiger partial charge is 0.124 e. The predicted molar refractivity (Wildman–Crippen MR) is 71.1 cm³/mol. The molecule has 0 atom stereocenters. The van der Waals surface area contributed by atoms with Crippen molar-refractivity contribution in [1.29, 1.82) is 0 Å². The summed E-state index contributed by atoms with van der Waals surface area (Å²) in [4.78, 5) is 0. The second-order valence-corrected chi connectivity index (χ2v) is 6.11. The van der Waals surface area contributed by atoms with Crippen molar-refractivity contribution in [2.24, 2.45) is 5.41 Å². The third-order valence-electron chi connectivity index (χ3n) is 3.63. The van der Waals surface area contributed by atoms with Crippen LogP contribution >= 0.6 is 11.6 Å². The van der Waals surface area contributed by atoms with Gasteiger partial charge in [0.05, 0.1) is 10.7 Å². The van der Waals surface area contributed by atoms with E-state index >= 15 is 0 Å². The molecule has 0 unspecified atom stereocenters. The summed E-state index contributed by atoms with van der Waals surface area (Å²) in [6.45, 7) is 4.63. The van der Waals surface area contributed by atoms with E-state index in [0.717, 1.165) is 18.5 Å². The number of anilines is 1. The maximum atomic E-state index is 12.9. The van der Waals surface area contributed by atoms with Crippen LogP contribution in [0, 0.1) is 11.2 Å². The Morgan fingerprint density at radius 1 is 1.29 bits per heavy atom. The highest BCUT2D eigenvalue weighted by Gasteiger charge is 2.26. The fraction of sp³-hybridized carbons (Fsp3) is 0.571. The molecule has 3 heteroatoms. The summed E-state index contributed by atoms with van der Waals surface area (Å²) >= 11 is 6.00. The summed E-state index contributed by atoms with van der Waals surface area (Å²) in [6.07, 6.45) is 4.76. The third kappa shape index (κ3) is 3.35. The highest BCUT2D eigenvalue weighted by molar-refractivity contribution is 6.33. The van der Waals surface area contributed by atoms with Crippen LogP contribution < -0.4 is 5.32 Å². The number of rotatable bonds is 2. The zero-order valence-corrected chi connectivity index (χ0v) is 11.1. The minimum atomic E-state index is -0.287. The van der Waals surface area contributed by atoms with Gasteiger partial charge in [-0.2, -0.15) is 0 Å². The fourth-order valence-corrected chi connectivity index (χ4v) is 2.59. The van der Waals surface area contributed by atoms with Gasteiger partial charge >= 0.3 is 0 Å². The van der Waals surface area contributed by atoms with Gasteiger partial charge in [0.2, 0.25) is 0 Å². The number of nitrogens with one attached hydrogen (secondary N) is 1. The zero-order chi connectivity index (χ0) is 12.5. The lowest BCUT2D eigenvalue weighted by Crippen LogP contribution is -2.29. The molecule has 0 heterocycles. The number of hydrogen-bond donors (Lipinski definition) is 1. The molecule has 1 N–H and O–H groups in total. The number of halogens is 2. The lowest BCUT2D eigenvalue weighted by atomic mass is 9.75. The molecule has 0 saturated heterocycles. The first kappa shape index (κ1) is 12.7. The van der Waals surface area contributed by atoms with E-state index in [0.29, 0.717) is 16.5 Å². The molecule has 0 spiro atoms. The zero-order valence-electron chi connectivity index (χ0n) is 10.4. The normalized spacial score (nSPS) is 20.2.